The van der Waals surface area contributed by atoms with Gasteiger partial charge in [0.15, 0.2) is 23.5 Å². The number of anilines is 3. The number of aromatic nitrogens is 5. The van der Waals surface area contributed by atoms with E-state index in [1.807, 2.05) is 6.07 Å². The number of primary amides is 1. The zero-order valence-electron chi connectivity index (χ0n) is 29.6. The smallest absolute Gasteiger partial charge is 0.756 e. The van der Waals surface area contributed by atoms with Crippen LogP contribution in [-0.4, -0.2) is 96.2 Å². The first kappa shape index (κ1) is 44.6. The molecule has 22 nitrogen and oxygen atoms in total. The fraction of sp³-hybridized carbons (Fsp3) is 0.464. The van der Waals surface area contributed by atoms with Crippen LogP contribution in [0.25, 0.3) is 11.2 Å². The molecular formula is C28H32N8Na2O14P2S. The summed E-state index contributed by atoms with van der Waals surface area (Å²) in [5, 5.41) is 26.2. The molecule has 286 valence electrons. The minimum Gasteiger partial charge on any atom is -0.756 e. The van der Waals surface area contributed by atoms with Crippen molar-refractivity contribution < 1.29 is 125 Å². The number of hydrogen-bond donors (Lipinski definition) is 5. The van der Waals surface area contributed by atoms with Gasteiger partial charge in [0, 0.05) is 11.1 Å². The Balaban J connectivity index is 0.00000290. The van der Waals surface area contributed by atoms with E-state index in [4.69, 9.17) is 39.5 Å². The maximum absolute atomic E-state index is 12.7. The molecule has 1 aromatic carbocycles. The zero-order chi connectivity index (χ0) is 37.9. The molecule has 0 aliphatic carbocycles. The van der Waals surface area contributed by atoms with Crippen molar-refractivity contribution in [1.82, 2.24) is 24.5 Å². The minimum absolute atomic E-state index is 0. The van der Waals surface area contributed by atoms with Crippen LogP contribution < -0.4 is 85.7 Å². The van der Waals surface area contributed by atoms with E-state index >= 15 is 0 Å². The number of benzene rings is 1. The average molecular weight is 845 g/mol. The molecule has 7 rings (SSSR count). The number of nitrogens with two attached hydrogens (primary N) is 2. The number of thiazole rings is 1. The summed E-state index contributed by atoms with van der Waals surface area (Å²) < 4.78 is 63.7. The number of rotatable bonds is 13. The second-order valence-corrected chi connectivity index (χ2v) is 16.3. The topological polar surface area (TPSA) is 323 Å². The molecule has 1 amide bonds. The third kappa shape index (κ3) is 9.86. The quantitative estimate of drug-likeness (QED) is 0.0618. The molecule has 3 fully saturated rings. The molecule has 3 aromatic heterocycles. The third-order valence-corrected chi connectivity index (χ3v) is 11.7. The van der Waals surface area contributed by atoms with Crippen LogP contribution in [0.5, 0.6) is 0 Å². The molecule has 6 heterocycles. The number of hydrogen-bond acceptors (Lipinski definition) is 21. The number of para-hydroxylation sites is 1. The molecule has 3 saturated heterocycles. The van der Waals surface area contributed by atoms with Crippen molar-refractivity contribution in [2.24, 2.45) is 5.73 Å². The van der Waals surface area contributed by atoms with Gasteiger partial charge < -0.3 is 64.8 Å². The van der Waals surface area contributed by atoms with E-state index in [-0.39, 0.29) is 87.7 Å². The van der Waals surface area contributed by atoms with E-state index in [0.29, 0.717) is 10.7 Å². The largest absolute Gasteiger partial charge is 1.00 e. The molecule has 0 saturated carbocycles. The van der Waals surface area contributed by atoms with Crippen LogP contribution in [0, 0.1) is 0 Å². The molecule has 55 heavy (non-hydrogen) atoms. The zero-order valence-corrected chi connectivity index (χ0v) is 36.2. The van der Waals surface area contributed by atoms with Crippen molar-refractivity contribution in [1.29, 1.82) is 0 Å². The van der Waals surface area contributed by atoms with Crippen molar-refractivity contribution in [3.8, 4) is 0 Å². The summed E-state index contributed by atoms with van der Waals surface area (Å²) in [5.74, 6) is -1.78. The molecule has 2 unspecified atom stereocenters. The fourth-order valence-electron chi connectivity index (χ4n) is 5.97. The minimum atomic E-state index is -5.69. The van der Waals surface area contributed by atoms with E-state index in [1.165, 1.54) is 16.3 Å². The predicted molar refractivity (Wildman–Crippen MR) is 176 cm³/mol. The Morgan fingerprint density at radius 2 is 1.65 bits per heavy atom. The number of aliphatic hydroxyl groups excluding tert-OH is 2. The molecule has 3 aliphatic rings. The van der Waals surface area contributed by atoms with E-state index < -0.39 is 89.5 Å². The normalized spacial score (nSPS) is 29.1. The number of aliphatic hydroxyl groups is 2. The number of fused-ring (bicyclic) bond motifs is 2. The summed E-state index contributed by atoms with van der Waals surface area (Å²) in [7, 11) is -11.3. The summed E-state index contributed by atoms with van der Waals surface area (Å²) in [4.78, 5) is 53.7. The molecule has 4 aromatic rings. The number of carbonyl (C=O) groups excluding carboxylic acids is 1. The average Bonchev–Trinajstić information content (AvgIpc) is 3.90. The summed E-state index contributed by atoms with van der Waals surface area (Å²) in [6.07, 6.45) is -8.69. The number of phosphoric acid groups is 2. The van der Waals surface area contributed by atoms with Gasteiger partial charge in [0.2, 0.25) is 5.95 Å². The first-order chi connectivity index (χ1) is 25.0. The monoisotopic (exact) mass is 844 g/mol. The van der Waals surface area contributed by atoms with E-state index in [9.17, 15) is 33.9 Å². The second-order valence-electron chi connectivity index (χ2n) is 12.5. The first-order valence-corrected chi connectivity index (χ1v) is 19.5. The van der Waals surface area contributed by atoms with Gasteiger partial charge in [-0.15, -0.1) is 11.3 Å². The van der Waals surface area contributed by atoms with Crippen molar-refractivity contribution in [3.63, 3.8) is 0 Å². The van der Waals surface area contributed by atoms with E-state index in [0.717, 1.165) is 11.3 Å². The van der Waals surface area contributed by atoms with Gasteiger partial charge in [-0.25, -0.2) is 14.3 Å². The second kappa shape index (κ2) is 17.4. The molecule has 0 bridgehead atoms. The van der Waals surface area contributed by atoms with Crippen molar-refractivity contribution in [3.05, 3.63) is 52.7 Å². The summed E-state index contributed by atoms with van der Waals surface area (Å²) in [5.41, 5.74) is 12.3. The number of amides is 1. The SMILES string of the molecule is CC1(C)O[C@@H]2[C@H](O1)[C@@H](COP(=O)([O-])OP(=O)([O-])OC[C@H]1O[C@@H](n3cnc4c(N)nc(Nc5ccccc5)nc43)[C@H](O)[C@@H]1O)O[C@H]2c1nc(C(N)=O)cs1.[Na+].[Na+]. The Hall–Kier alpha value is -1.51. The number of phosphoric ester groups is 2. The molecular weight excluding hydrogens is 812 g/mol. The summed E-state index contributed by atoms with van der Waals surface area (Å²) in [6, 6.07) is 8.94. The Labute approximate surface area is 360 Å². The van der Waals surface area contributed by atoms with Crippen LogP contribution in [0.2, 0.25) is 0 Å². The van der Waals surface area contributed by atoms with Gasteiger partial charge in [0.25, 0.3) is 21.6 Å². The van der Waals surface area contributed by atoms with Gasteiger partial charge in [-0.05, 0) is 26.0 Å². The summed E-state index contributed by atoms with van der Waals surface area (Å²) >= 11 is 1.06. The van der Waals surface area contributed by atoms with Gasteiger partial charge in [-0.3, -0.25) is 18.5 Å². The number of ether oxygens (including phenoxy) is 4. The number of carbonyl (C=O) groups is 1. The standard InChI is InChI=1S/C28H34N8O14P2S.2Na/c1-28(2)48-19-15(46-21(20(19)49-28)25-33-13(10-53-25)23(30)39)9-45-52(42,43)50-51(40,41)44-8-14-17(37)18(38)26(47-14)36-11-31-16-22(29)34-27(35-24(16)36)32-12-6-4-3-5-7-12;;/h3-7,10-11,14-15,17-21,26,37-38H,8-9H2,1-2H3,(H2,30,39)(H,40,41)(H,42,43)(H3,29,32,34,35);;/q;2*+1/p-2/t14-,15-,17-,18-,19-,20-,21-,26-;;/m1../s1. The maximum Gasteiger partial charge on any atom is 1.00 e. The molecule has 7 N–H and O–H groups in total. The van der Waals surface area contributed by atoms with Crippen LogP contribution in [-0.2, 0) is 41.4 Å². The first-order valence-electron chi connectivity index (χ1n) is 15.7. The number of imidazole rings is 1. The van der Waals surface area contributed by atoms with Gasteiger partial charge in [0.05, 0.1) is 19.5 Å². The van der Waals surface area contributed by atoms with Crippen molar-refractivity contribution >= 4 is 61.5 Å². The number of nitrogen functional groups attached to an aromatic ring is 1. The summed E-state index contributed by atoms with van der Waals surface area (Å²) in [6.45, 7) is 1.51. The number of nitrogens with one attached hydrogen (secondary N) is 1. The van der Waals surface area contributed by atoms with Crippen molar-refractivity contribution in [2.75, 3.05) is 24.3 Å². The fourth-order valence-corrected chi connectivity index (χ4v) is 8.87. The molecule has 3 aliphatic heterocycles. The van der Waals surface area contributed by atoms with Crippen molar-refractivity contribution in [2.45, 2.75) is 68.6 Å². The Morgan fingerprint density at radius 1 is 1.00 bits per heavy atom. The molecule has 27 heteroatoms. The van der Waals surface area contributed by atoms with Gasteiger partial charge in [-0.2, -0.15) is 9.97 Å². The molecule has 0 radical (unpaired) electrons. The van der Waals surface area contributed by atoms with Gasteiger partial charge in [-0.1, -0.05) is 18.2 Å². The molecule has 10 atom stereocenters. The van der Waals surface area contributed by atoms with E-state index in [1.54, 1.807) is 38.1 Å². The van der Waals surface area contributed by atoms with E-state index in [2.05, 4.69) is 29.6 Å². The van der Waals surface area contributed by atoms with Crippen LogP contribution in [0.4, 0.5) is 17.5 Å². The van der Waals surface area contributed by atoms with Crippen LogP contribution >= 0.6 is 27.0 Å². The Morgan fingerprint density at radius 3 is 2.31 bits per heavy atom. The van der Waals surface area contributed by atoms with Gasteiger partial charge in [0.1, 0.15) is 58.9 Å². The predicted octanol–water partition coefficient (Wildman–Crippen LogP) is -6.02. The maximum atomic E-state index is 12.7. The van der Waals surface area contributed by atoms with Crippen LogP contribution in [0.15, 0.2) is 42.0 Å². The number of nitrogens with zero attached hydrogens (tertiary/aromatic N) is 5. The van der Waals surface area contributed by atoms with Gasteiger partial charge >= 0.3 is 59.1 Å². The third-order valence-electron chi connectivity index (χ3n) is 8.25. The van der Waals surface area contributed by atoms with Crippen LogP contribution in [0.3, 0.4) is 0 Å². The van der Waals surface area contributed by atoms with Crippen LogP contribution in [0.1, 0.15) is 41.7 Å². The Bertz CT molecular complexity index is 2100. The Kier molecular flexibility index (Phi) is 14.1. The molecule has 0 spiro atoms.